The summed E-state index contributed by atoms with van der Waals surface area (Å²) >= 11 is 0. The predicted molar refractivity (Wildman–Crippen MR) is 110 cm³/mol. The van der Waals surface area contributed by atoms with Crippen molar-refractivity contribution in [2.45, 2.75) is 19.5 Å². The number of nitrogens with one attached hydrogen (secondary N) is 2. The van der Waals surface area contributed by atoms with Crippen LogP contribution in [0.25, 0.3) is 11.0 Å². The number of aryl methyl sites for hydroxylation is 1. The Kier molecular flexibility index (Phi) is 5.75. The number of aromatic amines is 1. The standard InChI is InChI=1S/C21H24N4O3/c1-4-25-17-11-10-15(12-16(17)23-20(27)21(25)28)19(26)22-13-18(24(2)3)14-8-6-5-7-9-14/h5-12,18H,4,13H2,1-3H3,(H,22,26)(H,23,27)/t18-/m1/s1. The van der Waals surface area contributed by atoms with Crippen molar-refractivity contribution >= 4 is 16.9 Å². The summed E-state index contributed by atoms with van der Waals surface area (Å²) < 4.78 is 1.40. The third-order valence-corrected chi connectivity index (χ3v) is 4.82. The lowest BCUT2D eigenvalue weighted by molar-refractivity contribution is 0.0942. The normalized spacial score (nSPS) is 12.3. The summed E-state index contributed by atoms with van der Waals surface area (Å²) in [5.41, 5.74) is 1.32. The number of benzene rings is 2. The molecule has 2 aromatic carbocycles. The van der Waals surface area contributed by atoms with Crippen LogP contribution in [0.2, 0.25) is 0 Å². The average Bonchev–Trinajstić information content (AvgIpc) is 2.69. The smallest absolute Gasteiger partial charge is 0.316 e. The molecule has 0 aliphatic carbocycles. The van der Waals surface area contributed by atoms with Crippen molar-refractivity contribution in [3.63, 3.8) is 0 Å². The molecule has 0 spiro atoms. The Morgan fingerprint density at radius 1 is 1.14 bits per heavy atom. The van der Waals surface area contributed by atoms with E-state index in [-0.39, 0.29) is 11.9 Å². The van der Waals surface area contributed by atoms with Crippen molar-refractivity contribution in [2.24, 2.45) is 0 Å². The van der Waals surface area contributed by atoms with Crippen LogP contribution >= 0.6 is 0 Å². The summed E-state index contributed by atoms with van der Waals surface area (Å²) in [6.07, 6.45) is 0. The van der Waals surface area contributed by atoms with E-state index in [9.17, 15) is 14.4 Å². The number of amides is 1. The molecule has 1 amide bonds. The Balaban J connectivity index is 1.84. The Hall–Kier alpha value is -3.19. The molecule has 2 N–H and O–H groups in total. The van der Waals surface area contributed by atoms with Gasteiger partial charge in [-0.15, -0.1) is 0 Å². The van der Waals surface area contributed by atoms with Gasteiger partial charge in [0.25, 0.3) is 5.91 Å². The van der Waals surface area contributed by atoms with Gasteiger partial charge in [-0.3, -0.25) is 14.4 Å². The molecule has 1 heterocycles. The molecule has 0 bridgehead atoms. The van der Waals surface area contributed by atoms with Crippen LogP contribution in [0.15, 0.2) is 58.1 Å². The third kappa shape index (κ3) is 3.89. The number of carbonyl (C=O) groups is 1. The minimum Gasteiger partial charge on any atom is -0.350 e. The molecule has 0 radical (unpaired) electrons. The summed E-state index contributed by atoms with van der Waals surface area (Å²) in [5.74, 6) is -0.236. The molecule has 28 heavy (non-hydrogen) atoms. The summed E-state index contributed by atoms with van der Waals surface area (Å²) in [7, 11) is 3.93. The van der Waals surface area contributed by atoms with E-state index in [1.807, 2.05) is 49.3 Å². The van der Waals surface area contributed by atoms with E-state index in [1.54, 1.807) is 25.1 Å². The average molecular weight is 380 g/mol. The number of hydrogen-bond donors (Lipinski definition) is 2. The van der Waals surface area contributed by atoms with Crippen LogP contribution in [0.4, 0.5) is 0 Å². The van der Waals surface area contributed by atoms with Crippen molar-refractivity contribution < 1.29 is 4.79 Å². The highest BCUT2D eigenvalue weighted by Crippen LogP contribution is 2.17. The van der Waals surface area contributed by atoms with Gasteiger partial charge in [-0.2, -0.15) is 0 Å². The van der Waals surface area contributed by atoms with E-state index >= 15 is 0 Å². The Labute approximate surface area is 162 Å². The SMILES string of the molecule is CCn1c(=O)c(=O)[nH]c2cc(C(=O)NC[C@H](c3ccccc3)N(C)C)ccc21. The van der Waals surface area contributed by atoms with Crippen molar-refractivity contribution in [3.8, 4) is 0 Å². The van der Waals surface area contributed by atoms with Gasteiger partial charge in [0.15, 0.2) is 0 Å². The monoisotopic (exact) mass is 380 g/mol. The highest BCUT2D eigenvalue weighted by atomic mass is 16.2. The van der Waals surface area contributed by atoms with Gasteiger partial charge in [-0.1, -0.05) is 30.3 Å². The molecule has 0 aliphatic rings. The second-order valence-electron chi connectivity index (χ2n) is 6.84. The van der Waals surface area contributed by atoms with Crippen LogP contribution in [0.1, 0.15) is 28.9 Å². The number of carbonyl (C=O) groups excluding carboxylic acids is 1. The van der Waals surface area contributed by atoms with Gasteiger partial charge >= 0.3 is 11.1 Å². The van der Waals surface area contributed by atoms with Gasteiger partial charge in [0.2, 0.25) is 0 Å². The van der Waals surface area contributed by atoms with E-state index in [1.165, 1.54) is 4.57 Å². The van der Waals surface area contributed by atoms with Crippen molar-refractivity contribution in [2.75, 3.05) is 20.6 Å². The molecule has 0 unspecified atom stereocenters. The van der Waals surface area contributed by atoms with Crippen molar-refractivity contribution in [3.05, 3.63) is 80.4 Å². The zero-order valence-corrected chi connectivity index (χ0v) is 16.2. The van der Waals surface area contributed by atoms with Gasteiger partial charge in [-0.05, 0) is 44.8 Å². The molecule has 7 nitrogen and oxygen atoms in total. The third-order valence-electron chi connectivity index (χ3n) is 4.82. The van der Waals surface area contributed by atoms with E-state index in [0.29, 0.717) is 29.7 Å². The van der Waals surface area contributed by atoms with Crippen LogP contribution in [0.3, 0.4) is 0 Å². The van der Waals surface area contributed by atoms with Crippen LogP contribution in [0, 0.1) is 0 Å². The fraction of sp³-hybridized carbons (Fsp3) is 0.286. The number of nitrogens with zero attached hydrogens (tertiary/aromatic N) is 2. The molecule has 3 aromatic rings. The molecule has 0 fully saturated rings. The number of H-pyrrole nitrogens is 1. The van der Waals surface area contributed by atoms with E-state index in [0.717, 1.165) is 5.56 Å². The van der Waals surface area contributed by atoms with E-state index < -0.39 is 11.1 Å². The van der Waals surface area contributed by atoms with Gasteiger partial charge in [0.05, 0.1) is 17.1 Å². The minimum atomic E-state index is -0.691. The van der Waals surface area contributed by atoms with E-state index in [4.69, 9.17) is 0 Å². The molecular formula is C21H24N4O3. The van der Waals surface area contributed by atoms with Crippen molar-refractivity contribution in [1.82, 2.24) is 19.8 Å². The highest BCUT2D eigenvalue weighted by Gasteiger charge is 2.16. The summed E-state index contributed by atoms with van der Waals surface area (Å²) in [6.45, 7) is 2.62. The molecule has 3 rings (SSSR count). The fourth-order valence-electron chi connectivity index (χ4n) is 3.30. The number of likely N-dealkylation sites (N-methyl/N-ethyl adjacent to an activating group) is 1. The number of rotatable bonds is 6. The van der Waals surface area contributed by atoms with Crippen molar-refractivity contribution in [1.29, 1.82) is 0 Å². The molecular weight excluding hydrogens is 356 g/mol. The second-order valence-corrected chi connectivity index (χ2v) is 6.84. The Bertz CT molecular complexity index is 1100. The van der Waals surface area contributed by atoms with E-state index in [2.05, 4.69) is 10.3 Å². The first kappa shape index (κ1) is 19.6. The van der Waals surface area contributed by atoms with Gasteiger partial charge < -0.3 is 19.8 Å². The first-order valence-electron chi connectivity index (χ1n) is 9.18. The topological polar surface area (TPSA) is 87.2 Å². The Morgan fingerprint density at radius 3 is 2.50 bits per heavy atom. The molecule has 1 atom stereocenters. The number of fused-ring (bicyclic) bond motifs is 1. The predicted octanol–water partition coefficient (Wildman–Crippen LogP) is 1.74. The quantitative estimate of drug-likeness (QED) is 0.638. The zero-order valence-electron chi connectivity index (χ0n) is 16.2. The molecule has 0 saturated heterocycles. The molecule has 1 aromatic heterocycles. The first-order chi connectivity index (χ1) is 13.4. The van der Waals surface area contributed by atoms with Gasteiger partial charge in [-0.25, -0.2) is 0 Å². The largest absolute Gasteiger partial charge is 0.350 e. The maximum Gasteiger partial charge on any atom is 0.316 e. The number of aromatic nitrogens is 2. The molecule has 146 valence electrons. The Morgan fingerprint density at radius 2 is 1.86 bits per heavy atom. The molecule has 0 aliphatic heterocycles. The van der Waals surface area contributed by atoms with Crippen LogP contribution in [-0.2, 0) is 6.54 Å². The number of hydrogen-bond acceptors (Lipinski definition) is 4. The molecule has 7 heteroatoms. The lowest BCUT2D eigenvalue weighted by Crippen LogP contribution is -2.36. The first-order valence-corrected chi connectivity index (χ1v) is 9.18. The lowest BCUT2D eigenvalue weighted by Gasteiger charge is -2.25. The maximum atomic E-state index is 12.7. The van der Waals surface area contributed by atoms with Crippen LogP contribution < -0.4 is 16.4 Å². The van der Waals surface area contributed by atoms with Gasteiger partial charge in [0, 0.05) is 18.7 Å². The van der Waals surface area contributed by atoms with Crippen LogP contribution in [0.5, 0.6) is 0 Å². The summed E-state index contributed by atoms with van der Waals surface area (Å²) in [6, 6.07) is 15.0. The lowest BCUT2D eigenvalue weighted by atomic mass is 10.1. The highest BCUT2D eigenvalue weighted by molar-refractivity contribution is 5.97. The van der Waals surface area contributed by atoms with Crippen LogP contribution in [-0.4, -0.2) is 41.0 Å². The summed E-state index contributed by atoms with van der Waals surface area (Å²) in [4.78, 5) is 41.1. The minimum absolute atomic E-state index is 0.0377. The molecule has 0 saturated carbocycles. The zero-order chi connectivity index (χ0) is 20.3. The van der Waals surface area contributed by atoms with Gasteiger partial charge in [0.1, 0.15) is 0 Å². The maximum absolute atomic E-state index is 12.7. The summed E-state index contributed by atoms with van der Waals surface area (Å²) in [5, 5.41) is 2.96. The second kappa shape index (κ2) is 8.22. The fourth-order valence-corrected chi connectivity index (χ4v) is 3.30.